The fraction of sp³-hybridized carbons (Fsp3) is 0.143. The van der Waals surface area contributed by atoms with Gasteiger partial charge in [-0.15, -0.1) is 11.3 Å². The van der Waals surface area contributed by atoms with Crippen LogP contribution in [-0.2, 0) is 0 Å². The van der Waals surface area contributed by atoms with Crippen LogP contribution in [0.2, 0.25) is 5.02 Å². The van der Waals surface area contributed by atoms with E-state index < -0.39 is 0 Å². The van der Waals surface area contributed by atoms with E-state index in [4.69, 9.17) is 21.1 Å². The van der Waals surface area contributed by atoms with Crippen molar-refractivity contribution in [3.8, 4) is 17.2 Å². The third-order valence-corrected chi connectivity index (χ3v) is 5.22. The van der Waals surface area contributed by atoms with Crippen molar-refractivity contribution < 1.29 is 19.4 Å². The molecular weight excluding hydrogens is 414 g/mol. The number of phenolic OH excluding ortho intramolecular Hbond substituents is 1. The molecule has 0 radical (unpaired) electrons. The maximum atomic E-state index is 12.4. The molecular formula is C21H18ClNO5S. The van der Waals surface area contributed by atoms with E-state index in [0.717, 1.165) is 11.3 Å². The number of ketones is 1. The molecule has 8 heteroatoms. The van der Waals surface area contributed by atoms with Gasteiger partial charge >= 0.3 is 0 Å². The van der Waals surface area contributed by atoms with Crippen LogP contribution in [0.5, 0.6) is 17.2 Å². The van der Waals surface area contributed by atoms with E-state index in [9.17, 15) is 14.7 Å². The third kappa shape index (κ3) is 4.88. The molecule has 29 heavy (non-hydrogen) atoms. The molecule has 0 fully saturated rings. The summed E-state index contributed by atoms with van der Waals surface area (Å²) >= 11 is 7.18. The predicted molar refractivity (Wildman–Crippen MR) is 114 cm³/mol. The zero-order chi connectivity index (χ0) is 21.0. The first-order valence-electron chi connectivity index (χ1n) is 8.67. The Bertz CT molecular complexity index is 1210. The smallest absolute Gasteiger partial charge is 0.266 e. The first-order valence-corrected chi connectivity index (χ1v) is 9.87. The lowest BCUT2D eigenvalue weighted by Crippen LogP contribution is -2.20. The summed E-state index contributed by atoms with van der Waals surface area (Å²) in [6, 6.07) is 9.83. The lowest BCUT2D eigenvalue weighted by atomic mass is 10.1. The normalized spacial score (nSPS) is 12.2. The van der Waals surface area contributed by atoms with Crippen molar-refractivity contribution in [3.63, 3.8) is 0 Å². The van der Waals surface area contributed by atoms with Crippen molar-refractivity contribution >= 4 is 40.9 Å². The van der Waals surface area contributed by atoms with Crippen LogP contribution in [0.3, 0.4) is 0 Å². The monoisotopic (exact) mass is 431 g/mol. The Kier molecular flexibility index (Phi) is 6.41. The van der Waals surface area contributed by atoms with Gasteiger partial charge in [0.05, 0.1) is 27.9 Å². The van der Waals surface area contributed by atoms with Gasteiger partial charge in [-0.2, -0.15) is 0 Å². The third-order valence-electron chi connectivity index (χ3n) is 3.97. The van der Waals surface area contributed by atoms with Crippen molar-refractivity contribution in [2.75, 3.05) is 13.7 Å². The lowest BCUT2D eigenvalue weighted by molar-refractivity contribution is 0.106. The summed E-state index contributed by atoms with van der Waals surface area (Å²) in [6.07, 6.45) is 2.99. The molecule has 0 amide bonds. The largest absolute Gasteiger partial charge is 0.503 e. The van der Waals surface area contributed by atoms with Crippen molar-refractivity contribution in [2.24, 2.45) is 0 Å². The van der Waals surface area contributed by atoms with Crippen LogP contribution in [-0.4, -0.2) is 29.6 Å². The molecule has 0 atom stereocenters. The summed E-state index contributed by atoms with van der Waals surface area (Å²) in [5.41, 5.74) is 0.750. The summed E-state index contributed by atoms with van der Waals surface area (Å²) in [6.45, 7) is 2.15. The van der Waals surface area contributed by atoms with Gasteiger partial charge in [0, 0.05) is 11.6 Å². The van der Waals surface area contributed by atoms with Crippen molar-refractivity contribution in [2.45, 2.75) is 6.92 Å². The number of aromatic amines is 1. The average Bonchev–Trinajstić information content (AvgIpc) is 3.04. The molecule has 0 unspecified atom stereocenters. The molecule has 2 aromatic carbocycles. The molecule has 0 spiro atoms. The van der Waals surface area contributed by atoms with Crippen LogP contribution in [0.15, 0.2) is 41.2 Å². The maximum Gasteiger partial charge on any atom is 0.266 e. The summed E-state index contributed by atoms with van der Waals surface area (Å²) in [4.78, 5) is 27.3. The van der Waals surface area contributed by atoms with Crippen molar-refractivity contribution in [3.05, 3.63) is 72.1 Å². The van der Waals surface area contributed by atoms with Crippen LogP contribution < -0.4 is 24.2 Å². The molecule has 1 heterocycles. The molecule has 3 rings (SSSR count). The zero-order valence-electron chi connectivity index (χ0n) is 15.7. The SMILES string of the molecule is CCOc1cc(/C=c2\s/c(=C\C(=O)c3ccc(OC)cc3)[nH]c2=O)cc(Cl)c1O. The molecule has 0 saturated heterocycles. The van der Waals surface area contributed by atoms with Gasteiger partial charge in [0.1, 0.15) is 5.75 Å². The summed E-state index contributed by atoms with van der Waals surface area (Å²) in [5.74, 6) is 0.510. The van der Waals surface area contributed by atoms with Gasteiger partial charge in [-0.25, -0.2) is 0 Å². The summed E-state index contributed by atoms with van der Waals surface area (Å²) in [7, 11) is 1.55. The van der Waals surface area contributed by atoms with Gasteiger partial charge in [0.25, 0.3) is 5.56 Å². The number of hydrogen-bond acceptors (Lipinski definition) is 6. The Balaban J connectivity index is 1.96. The van der Waals surface area contributed by atoms with E-state index >= 15 is 0 Å². The van der Waals surface area contributed by atoms with E-state index in [-0.39, 0.29) is 27.9 Å². The van der Waals surface area contributed by atoms with Gasteiger partial charge in [0.15, 0.2) is 17.3 Å². The number of Topliss-reactive ketones (excluding diaryl/α,β-unsaturated/α-hetero) is 1. The fourth-order valence-electron chi connectivity index (χ4n) is 2.58. The van der Waals surface area contributed by atoms with Crippen LogP contribution in [0.25, 0.3) is 12.2 Å². The predicted octanol–water partition coefficient (Wildman–Crippen LogP) is 2.69. The topological polar surface area (TPSA) is 88.6 Å². The number of thiazole rings is 1. The van der Waals surface area contributed by atoms with E-state index in [0.29, 0.717) is 32.7 Å². The molecule has 0 saturated carbocycles. The highest BCUT2D eigenvalue weighted by Gasteiger charge is 2.09. The molecule has 0 aliphatic rings. The number of halogens is 1. The lowest BCUT2D eigenvalue weighted by Gasteiger charge is -2.08. The second kappa shape index (κ2) is 8.98. The number of carbonyl (C=O) groups is 1. The molecule has 0 bridgehead atoms. The number of hydrogen-bond donors (Lipinski definition) is 2. The fourth-order valence-corrected chi connectivity index (χ4v) is 3.68. The maximum absolute atomic E-state index is 12.4. The van der Waals surface area contributed by atoms with Gasteiger partial charge in [-0.05, 0) is 55.0 Å². The number of H-pyrrole nitrogens is 1. The minimum absolute atomic E-state index is 0.122. The number of benzene rings is 2. The van der Waals surface area contributed by atoms with E-state index in [2.05, 4.69) is 4.98 Å². The highest BCUT2D eigenvalue weighted by molar-refractivity contribution is 7.07. The quantitative estimate of drug-likeness (QED) is 0.586. The minimum Gasteiger partial charge on any atom is -0.503 e. The van der Waals surface area contributed by atoms with Crippen LogP contribution in [0.4, 0.5) is 0 Å². The molecule has 0 aliphatic heterocycles. The van der Waals surface area contributed by atoms with Crippen molar-refractivity contribution in [1.82, 2.24) is 4.98 Å². The Morgan fingerprint density at radius 3 is 2.66 bits per heavy atom. The van der Waals surface area contributed by atoms with Crippen molar-refractivity contribution in [1.29, 1.82) is 0 Å². The molecule has 150 valence electrons. The molecule has 1 aromatic heterocycles. The highest BCUT2D eigenvalue weighted by Crippen LogP contribution is 2.35. The Morgan fingerprint density at radius 1 is 1.28 bits per heavy atom. The van der Waals surface area contributed by atoms with Gasteiger partial charge in [0.2, 0.25) is 0 Å². The number of rotatable bonds is 6. The molecule has 0 aliphatic carbocycles. The number of phenols is 1. The number of methoxy groups -OCH3 is 1. The summed E-state index contributed by atoms with van der Waals surface area (Å²) in [5, 5.41) is 10.1. The van der Waals surface area contributed by atoms with E-state index in [1.54, 1.807) is 50.4 Å². The number of ether oxygens (including phenoxy) is 2. The molecule has 2 N–H and O–H groups in total. The van der Waals surface area contributed by atoms with E-state index in [1.807, 2.05) is 0 Å². The van der Waals surface area contributed by atoms with Crippen LogP contribution in [0, 0.1) is 0 Å². The number of nitrogens with one attached hydrogen (secondary N) is 1. The van der Waals surface area contributed by atoms with Gasteiger partial charge in [-0.1, -0.05) is 11.6 Å². The molecule has 6 nitrogen and oxygen atoms in total. The Labute approximate surface area is 175 Å². The summed E-state index contributed by atoms with van der Waals surface area (Å²) < 4.78 is 11.2. The second-order valence-electron chi connectivity index (χ2n) is 5.95. The number of carbonyl (C=O) groups excluding carboxylic acids is 1. The van der Waals surface area contributed by atoms with Crippen LogP contribution >= 0.6 is 22.9 Å². The Morgan fingerprint density at radius 2 is 2.00 bits per heavy atom. The Hall–Kier alpha value is -3.03. The minimum atomic E-state index is -0.328. The van der Waals surface area contributed by atoms with Gasteiger partial charge < -0.3 is 19.6 Å². The number of aromatic nitrogens is 1. The number of aromatic hydroxyl groups is 1. The average molecular weight is 432 g/mol. The zero-order valence-corrected chi connectivity index (χ0v) is 17.3. The van der Waals surface area contributed by atoms with Gasteiger partial charge in [-0.3, -0.25) is 9.59 Å². The standard InChI is InChI=1S/C21H18ClNO5S/c1-3-28-17-9-12(8-15(22)20(17)25)10-18-21(26)23-19(29-18)11-16(24)13-4-6-14(27-2)7-5-13/h4-11,25H,3H2,1-2H3,(H,23,26)/b18-10-,19-11-. The second-order valence-corrected chi connectivity index (χ2v) is 7.44. The highest BCUT2D eigenvalue weighted by atomic mass is 35.5. The molecule has 3 aromatic rings. The van der Waals surface area contributed by atoms with E-state index in [1.165, 1.54) is 12.1 Å². The first-order chi connectivity index (χ1) is 13.9. The first kappa shape index (κ1) is 20.7. The van der Waals surface area contributed by atoms with Crippen LogP contribution in [0.1, 0.15) is 22.8 Å².